The summed E-state index contributed by atoms with van der Waals surface area (Å²) in [5.41, 5.74) is 4.30. The Hall–Kier alpha value is -2.52. The lowest BCUT2D eigenvalue weighted by Crippen LogP contribution is -2.39. The van der Waals surface area contributed by atoms with Crippen LogP contribution in [0.2, 0.25) is 0 Å². The molecule has 0 N–H and O–H groups in total. The Bertz CT molecular complexity index is 1270. The monoisotopic (exact) mass is 494 g/mol. The molecule has 0 spiro atoms. The van der Waals surface area contributed by atoms with Gasteiger partial charge >= 0.3 is 0 Å². The summed E-state index contributed by atoms with van der Waals surface area (Å²) in [5.74, 6) is 1.86. The molecule has 3 aromatic carbocycles. The van der Waals surface area contributed by atoms with Gasteiger partial charge in [0.25, 0.3) is 0 Å². The van der Waals surface area contributed by atoms with Gasteiger partial charge in [-0.25, -0.2) is 0 Å². The summed E-state index contributed by atoms with van der Waals surface area (Å²) in [6.07, 6.45) is 16.6. The summed E-state index contributed by atoms with van der Waals surface area (Å²) in [4.78, 5) is 0. The van der Waals surface area contributed by atoms with Gasteiger partial charge in [-0.15, -0.1) is 0 Å². The zero-order valence-corrected chi connectivity index (χ0v) is 23.4. The van der Waals surface area contributed by atoms with Gasteiger partial charge in [0, 0.05) is 10.9 Å². The molecule has 3 heteroatoms. The van der Waals surface area contributed by atoms with Crippen molar-refractivity contribution in [2.24, 2.45) is 0 Å². The van der Waals surface area contributed by atoms with Crippen LogP contribution in [0.1, 0.15) is 97.0 Å². The minimum absolute atomic E-state index is 0.207. The molecule has 2 aliphatic heterocycles. The first-order chi connectivity index (χ1) is 17.8. The average Bonchev–Trinajstić information content (AvgIpc) is 2.86. The molecule has 1 unspecified atom stereocenters. The van der Waals surface area contributed by atoms with E-state index in [4.69, 9.17) is 9.47 Å². The van der Waals surface area contributed by atoms with Crippen LogP contribution < -0.4 is 4.74 Å². The summed E-state index contributed by atoms with van der Waals surface area (Å²) in [6.45, 7) is 6.84. The molecule has 2 aliphatic rings. The lowest BCUT2D eigenvalue weighted by Gasteiger charge is -2.39. The highest BCUT2D eigenvalue weighted by Crippen LogP contribution is 2.48. The molecular formula is C34H43BO2. The molecule has 1 atom stereocenters. The van der Waals surface area contributed by atoms with E-state index in [0.717, 1.165) is 29.9 Å². The second kappa shape index (κ2) is 11.1. The van der Waals surface area contributed by atoms with Crippen LogP contribution in [0.4, 0.5) is 0 Å². The van der Waals surface area contributed by atoms with E-state index in [1.807, 2.05) is 0 Å². The van der Waals surface area contributed by atoms with E-state index in [-0.39, 0.29) is 5.60 Å². The lowest BCUT2D eigenvalue weighted by molar-refractivity contribution is -0.0826. The molecule has 2 nitrogen and oxygen atoms in total. The van der Waals surface area contributed by atoms with Gasteiger partial charge in [0.05, 0.1) is 11.1 Å². The summed E-state index contributed by atoms with van der Waals surface area (Å²) in [5, 5.41) is 2.42. The minimum atomic E-state index is -0.509. The van der Waals surface area contributed by atoms with Crippen molar-refractivity contribution in [3.05, 3.63) is 71.8 Å². The van der Waals surface area contributed by atoms with Gasteiger partial charge in [-0.05, 0) is 74.7 Å². The fourth-order valence-corrected chi connectivity index (χ4v) is 6.40. The molecule has 0 aromatic heterocycles. The van der Waals surface area contributed by atoms with Crippen LogP contribution in [-0.4, -0.2) is 13.4 Å². The van der Waals surface area contributed by atoms with Crippen LogP contribution in [-0.2, 0) is 10.2 Å². The summed E-state index contributed by atoms with van der Waals surface area (Å²) in [6, 6.07) is 19.5. The molecule has 0 saturated carbocycles. The number of fused-ring (bicyclic) bond motifs is 2. The predicted octanol–water partition coefficient (Wildman–Crippen LogP) is 9.44. The van der Waals surface area contributed by atoms with Crippen molar-refractivity contribution in [2.75, 3.05) is 0 Å². The van der Waals surface area contributed by atoms with E-state index in [1.165, 1.54) is 85.3 Å². The molecule has 194 valence electrons. The van der Waals surface area contributed by atoms with E-state index in [9.17, 15) is 0 Å². The second-order valence-electron chi connectivity index (χ2n) is 12.1. The Labute approximate surface area is 224 Å². The van der Waals surface area contributed by atoms with E-state index in [0.29, 0.717) is 0 Å². The number of rotatable bonds is 1. The maximum absolute atomic E-state index is 7.10. The minimum Gasteiger partial charge on any atom is -0.456 e. The number of allylic oxidation sites excluding steroid dienone is 1. The first-order valence-electron chi connectivity index (χ1n) is 14.6. The van der Waals surface area contributed by atoms with Crippen LogP contribution >= 0.6 is 0 Å². The van der Waals surface area contributed by atoms with Crippen molar-refractivity contribution >= 4 is 18.6 Å². The van der Waals surface area contributed by atoms with Gasteiger partial charge in [0.2, 0.25) is 0 Å². The van der Waals surface area contributed by atoms with Gasteiger partial charge in [-0.3, -0.25) is 0 Å². The van der Waals surface area contributed by atoms with Gasteiger partial charge in [-0.1, -0.05) is 99.4 Å². The van der Waals surface area contributed by atoms with Crippen molar-refractivity contribution < 1.29 is 9.47 Å². The lowest BCUT2D eigenvalue weighted by atomic mass is 9.72. The molecule has 0 aliphatic carbocycles. The molecular weight excluding hydrogens is 451 g/mol. The number of benzene rings is 3. The van der Waals surface area contributed by atoms with Crippen molar-refractivity contribution in [3.8, 4) is 22.6 Å². The zero-order chi connectivity index (χ0) is 25.9. The molecule has 37 heavy (non-hydrogen) atoms. The highest BCUT2D eigenvalue weighted by molar-refractivity contribution is 6.16. The molecule has 0 fully saturated rings. The SMILES string of the molecule is BC1(c2ccc3c(c2)-c2cccc4cccc(c24)O3)/C=C(/C)CCCCCCCCCCCC(C)(C)O1. The molecule has 0 radical (unpaired) electrons. The zero-order valence-electron chi connectivity index (χ0n) is 23.4. The number of ether oxygens (including phenoxy) is 2. The third-order valence-electron chi connectivity index (χ3n) is 8.29. The Kier molecular flexibility index (Phi) is 7.81. The van der Waals surface area contributed by atoms with Gasteiger partial charge < -0.3 is 9.47 Å². The average molecular weight is 495 g/mol. The van der Waals surface area contributed by atoms with E-state index < -0.39 is 5.50 Å². The number of hydrogen-bond acceptors (Lipinski definition) is 2. The van der Waals surface area contributed by atoms with Gasteiger partial charge in [-0.2, -0.15) is 0 Å². The highest BCUT2D eigenvalue weighted by Gasteiger charge is 2.34. The smallest absolute Gasteiger partial charge is 0.154 e. The molecule has 2 heterocycles. The quantitative estimate of drug-likeness (QED) is 0.194. The molecule has 0 bridgehead atoms. The third kappa shape index (κ3) is 5.98. The van der Waals surface area contributed by atoms with Crippen molar-refractivity contribution in [3.63, 3.8) is 0 Å². The topological polar surface area (TPSA) is 18.5 Å². The van der Waals surface area contributed by atoms with Crippen LogP contribution in [0.25, 0.3) is 21.9 Å². The Morgan fingerprint density at radius 1 is 0.730 bits per heavy atom. The van der Waals surface area contributed by atoms with E-state index >= 15 is 0 Å². The van der Waals surface area contributed by atoms with E-state index in [1.54, 1.807) is 0 Å². The molecule has 5 rings (SSSR count). The summed E-state index contributed by atoms with van der Waals surface area (Å²) < 4.78 is 13.5. The fraction of sp³-hybridized carbons (Fsp3) is 0.471. The van der Waals surface area contributed by atoms with Crippen molar-refractivity contribution in [1.82, 2.24) is 0 Å². The van der Waals surface area contributed by atoms with Crippen LogP contribution in [0.15, 0.2) is 66.2 Å². The largest absolute Gasteiger partial charge is 0.456 e. The van der Waals surface area contributed by atoms with Crippen molar-refractivity contribution in [2.45, 2.75) is 103 Å². The standard InChI is InChI=1S/C34H43BO2/c1-25-15-11-9-7-5-4-6-8-10-12-22-33(2,3)37-34(35,24-25)27-20-21-30-29(23-27)28-18-13-16-26-17-14-19-31(36-30)32(26)28/h13-14,16-21,23-24H,4-12,15,22,35H2,1-3H3/b25-24-. The van der Waals surface area contributed by atoms with Gasteiger partial charge in [0.15, 0.2) is 7.85 Å². The Morgan fingerprint density at radius 2 is 1.41 bits per heavy atom. The Balaban J connectivity index is 1.53. The van der Waals surface area contributed by atoms with Gasteiger partial charge in [0.1, 0.15) is 11.5 Å². The molecule has 3 aromatic rings. The molecule has 0 saturated heterocycles. The highest BCUT2D eigenvalue weighted by atomic mass is 16.5. The fourth-order valence-electron chi connectivity index (χ4n) is 6.40. The van der Waals surface area contributed by atoms with Crippen LogP contribution in [0, 0.1) is 0 Å². The van der Waals surface area contributed by atoms with Crippen molar-refractivity contribution in [1.29, 1.82) is 0 Å². The summed E-state index contributed by atoms with van der Waals surface area (Å²) >= 11 is 0. The first kappa shape index (κ1) is 26.1. The third-order valence-corrected chi connectivity index (χ3v) is 8.29. The normalized spacial score (nSPS) is 24.5. The first-order valence-corrected chi connectivity index (χ1v) is 14.6. The second-order valence-corrected chi connectivity index (χ2v) is 12.1. The maximum atomic E-state index is 7.10. The number of hydrogen-bond donors (Lipinski definition) is 0. The summed E-state index contributed by atoms with van der Waals surface area (Å²) in [7, 11) is 2.27. The predicted molar refractivity (Wildman–Crippen MR) is 159 cm³/mol. The van der Waals surface area contributed by atoms with E-state index in [2.05, 4.69) is 89.3 Å². The molecule has 0 amide bonds. The van der Waals surface area contributed by atoms with Crippen LogP contribution in [0.5, 0.6) is 11.5 Å². The maximum Gasteiger partial charge on any atom is 0.154 e. The van der Waals surface area contributed by atoms with Crippen LogP contribution in [0.3, 0.4) is 0 Å². The Morgan fingerprint density at radius 3 is 2.16 bits per heavy atom.